The zero-order chi connectivity index (χ0) is 32.8. The van der Waals surface area contributed by atoms with Gasteiger partial charge in [0.25, 0.3) is 0 Å². The molecule has 46 heavy (non-hydrogen) atoms. The Morgan fingerprint density at radius 1 is 0.978 bits per heavy atom. The van der Waals surface area contributed by atoms with Crippen molar-refractivity contribution in [1.82, 2.24) is 30.1 Å². The van der Waals surface area contributed by atoms with Crippen molar-refractivity contribution < 1.29 is 23.5 Å². The number of amides is 2. The molecule has 10 nitrogen and oxygen atoms in total. The lowest BCUT2D eigenvalue weighted by molar-refractivity contribution is -0.150. The average Bonchev–Trinajstić information content (AvgIpc) is 3.05. The van der Waals surface area contributed by atoms with Crippen molar-refractivity contribution in [3.63, 3.8) is 0 Å². The third-order valence-corrected chi connectivity index (χ3v) is 7.99. The zero-order valence-electron chi connectivity index (χ0n) is 26.7. The second kappa shape index (κ2) is 14.5. The van der Waals surface area contributed by atoms with Crippen molar-refractivity contribution >= 4 is 11.8 Å². The Morgan fingerprint density at radius 2 is 1.72 bits per heavy atom. The molecular weight excluding hydrogens is 587 g/mol. The molecule has 0 radical (unpaired) electrons. The summed E-state index contributed by atoms with van der Waals surface area (Å²) in [5.74, 6) is 0.746. The van der Waals surface area contributed by atoms with Crippen LogP contribution in [0, 0.1) is 18.7 Å². The van der Waals surface area contributed by atoms with Crippen molar-refractivity contribution in [1.29, 1.82) is 0 Å². The molecule has 4 aromatic rings. The summed E-state index contributed by atoms with van der Waals surface area (Å²) in [6.45, 7) is 8.51. The highest BCUT2D eigenvalue weighted by Crippen LogP contribution is 2.36. The van der Waals surface area contributed by atoms with E-state index in [1.807, 2.05) is 49.9 Å². The Morgan fingerprint density at radius 3 is 2.41 bits per heavy atom. The number of nitrogens with one attached hydrogen (secondary N) is 1. The molecule has 0 spiro atoms. The van der Waals surface area contributed by atoms with E-state index in [-0.39, 0.29) is 43.4 Å². The quantitative estimate of drug-likeness (QED) is 0.257. The number of carbonyl (C=O) groups is 2. The Balaban J connectivity index is 1.34. The first-order valence-electron chi connectivity index (χ1n) is 15.3. The van der Waals surface area contributed by atoms with Crippen molar-refractivity contribution in [2.24, 2.45) is 5.92 Å². The van der Waals surface area contributed by atoms with E-state index in [2.05, 4.69) is 20.3 Å². The summed E-state index contributed by atoms with van der Waals surface area (Å²) in [5, 5.41) is 3.02. The van der Waals surface area contributed by atoms with Crippen LogP contribution in [0.15, 0.2) is 73.2 Å². The fourth-order valence-corrected chi connectivity index (χ4v) is 5.70. The molecule has 3 heterocycles. The van der Waals surface area contributed by atoms with Crippen LogP contribution in [0.5, 0.6) is 17.2 Å². The van der Waals surface area contributed by atoms with E-state index in [9.17, 15) is 9.59 Å². The number of pyridine rings is 1. The minimum absolute atomic E-state index is 0.102. The number of halogens is 1. The SMILES string of the molecule is COc1c(Oc2cccc(F)c2CN2C[C@@H](C)N(C(=O)C(C)C)[C@@H](C(=O)NCc3ccc(-c4ncccn4)cc3)C2)ccnc1C. The molecule has 0 bridgehead atoms. The van der Waals surface area contributed by atoms with E-state index in [0.29, 0.717) is 40.9 Å². The lowest BCUT2D eigenvalue weighted by Gasteiger charge is -2.45. The topological polar surface area (TPSA) is 110 Å². The second-order valence-corrected chi connectivity index (χ2v) is 11.7. The lowest BCUT2D eigenvalue weighted by Crippen LogP contribution is -2.64. The number of nitrogens with zero attached hydrogens (tertiary/aromatic N) is 5. The van der Waals surface area contributed by atoms with Crippen LogP contribution in [-0.4, -0.2) is 68.8 Å². The van der Waals surface area contributed by atoms with E-state index < -0.39 is 11.9 Å². The van der Waals surface area contributed by atoms with Gasteiger partial charge in [-0.25, -0.2) is 14.4 Å². The standard InChI is InChI=1S/C35H39FN6O4/c1-22(2)35(44)42-23(3)19-41(20-27-28(36)8-6-9-30(27)46-31-14-17-37-24(4)32(31)45-5)21-29(42)34(43)40-18-25-10-12-26(13-11-25)33-38-15-7-16-39-33/h6-17,22-23,29H,18-21H2,1-5H3,(H,40,43)/t23-,29-/m1/s1. The molecule has 5 rings (SSSR count). The maximum absolute atomic E-state index is 15.4. The number of aromatic nitrogens is 3. The van der Waals surface area contributed by atoms with E-state index in [4.69, 9.17) is 9.47 Å². The number of ether oxygens (including phenoxy) is 2. The van der Waals surface area contributed by atoms with E-state index in [1.165, 1.54) is 13.2 Å². The maximum atomic E-state index is 15.4. The molecule has 2 aromatic carbocycles. The molecule has 1 N–H and O–H groups in total. The number of hydrogen-bond acceptors (Lipinski definition) is 8. The Labute approximate surface area is 268 Å². The predicted molar refractivity (Wildman–Crippen MR) is 172 cm³/mol. The van der Waals surface area contributed by atoms with Gasteiger partial charge in [-0.3, -0.25) is 19.5 Å². The molecule has 0 aliphatic carbocycles. The van der Waals surface area contributed by atoms with Gasteiger partial charge in [-0.2, -0.15) is 0 Å². The van der Waals surface area contributed by atoms with Crippen molar-refractivity contribution in [2.75, 3.05) is 20.2 Å². The van der Waals surface area contributed by atoms with Gasteiger partial charge in [0.2, 0.25) is 11.8 Å². The van der Waals surface area contributed by atoms with Crippen LogP contribution in [0.2, 0.25) is 0 Å². The van der Waals surface area contributed by atoms with Crippen molar-refractivity contribution in [2.45, 2.75) is 52.9 Å². The highest BCUT2D eigenvalue weighted by atomic mass is 19.1. The third-order valence-electron chi connectivity index (χ3n) is 7.99. The van der Waals surface area contributed by atoms with Crippen LogP contribution in [0.25, 0.3) is 11.4 Å². The summed E-state index contributed by atoms with van der Waals surface area (Å²) >= 11 is 0. The minimum atomic E-state index is -0.769. The second-order valence-electron chi connectivity index (χ2n) is 11.7. The number of aryl methyl sites for hydroxylation is 1. The molecule has 1 aliphatic heterocycles. The molecule has 1 fully saturated rings. The fraction of sp³-hybridized carbons (Fsp3) is 0.343. The summed E-state index contributed by atoms with van der Waals surface area (Å²) in [7, 11) is 1.53. The highest BCUT2D eigenvalue weighted by molar-refractivity contribution is 5.89. The van der Waals surface area contributed by atoms with Gasteiger partial charge < -0.3 is 19.7 Å². The molecule has 2 aromatic heterocycles. The summed E-state index contributed by atoms with van der Waals surface area (Å²) in [4.78, 5) is 43.6. The molecule has 240 valence electrons. The highest BCUT2D eigenvalue weighted by Gasteiger charge is 2.40. The largest absolute Gasteiger partial charge is 0.491 e. The summed E-state index contributed by atoms with van der Waals surface area (Å²) < 4.78 is 27.0. The number of benzene rings is 2. The molecule has 2 atom stereocenters. The molecule has 0 saturated carbocycles. The van der Waals surface area contributed by atoms with Gasteiger partial charge >= 0.3 is 0 Å². The number of carbonyl (C=O) groups excluding carboxylic acids is 2. The van der Waals surface area contributed by atoms with E-state index in [1.54, 1.807) is 54.7 Å². The molecule has 1 aliphatic rings. The average molecular weight is 627 g/mol. The first-order valence-corrected chi connectivity index (χ1v) is 15.3. The van der Waals surface area contributed by atoms with Gasteiger partial charge in [-0.05, 0) is 37.6 Å². The van der Waals surface area contributed by atoms with Gasteiger partial charge in [0, 0.05) is 73.9 Å². The molecule has 0 unspecified atom stereocenters. The molecule has 2 amide bonds. The van der Waals surface area contributed by atoms with Crippen LogP contribution in [0.1, 0.15) is 37.6 Å². The van der Waals surface area contributed by atoms with Gasteiger partial charge in [0.15, 0.2) is 17.3 Å². The maximum Gasteiger partial charge on any atom is 0.244 e. The molecule has 11 heteroatoms. The molecular formula is C35H39FN6O4. The lowest BCUT2D eigenvalue weighted by atomic mass is 10.0. The van der Waals surface area contributed by atoms with Crippen molar-refractivity contribution in [3.05, 3.63) is 95.8 Å². The minimum Gasteiger partial charge on any atom is -0.491 e. The summed E-state index contributed by atoms with van der Waals surface area (Å²) in [6.07, 6.45) is 4.98. The van der Waals surface area contributed by atoms with Gasteiger partial charge in [0.05, 0.1) is 12.8 Å². The van der Waals surface area contributed by atoms with E-state index in [0.717, 1.165) is 11.1 Å². The Kier molecular flexibility index (Phi) is 10.2. The smallest absolute Gasteiger partial charge is 0.244 e. The van der Waals surface area contributed by atoms with Crippen LogP contribution in [-0.2, 0) is 22.7 Å². The van der Waals surface area contributed by atoms with Crippen LogP contribution in [0.3, 0.4) is 0 Å². The van der Waals surface area contributed by atoms with Crippen LogP contribution >= 0.6 is 0 Å². The Bertz CT molecular complexity index is 1670. The molecule has 1 saturated heterocycles. The number of methoxy groups -OCH3 is 1. The van der Waals surface area contributed by atoms with Gasteiger partial charge in [-0.15, -0.1) is 0 Å². The van der Waals surface area contributed by atoms with E-state index >= 15 is 4.39 Å². The van der Waals surface area contributed by atoms with Crippen LogP contribution in [0.4, 0.5) is 4.39 Å². The first-order chi connectivity index (χ1) is 22.2. The monoisotopic (exact) mass is 626 g/mol. The number of piperazine rings is 1. The normalized spacial score (nSPS) is 16.7. The first kappa shape index (κ1) is 32.5. The third kappa shape index (κ3) is 7.31. The van der Waals surface area contributed by atoms with Crippen LogP contribution < -0.4 is 14.8 Å². The van der Waals surface area contributed by atoms with Gasteiger partial charge in [-0.1, -0.05) is 44.2 Å². The fourth-order valence-electron chi connectivity index (χ4n) is 5.70. The summed E-state index contributed by atoms with van der Waals surface area (Å²) in [5.41, 5.74) is 2.75. The van der Waals surface area contributed by atoms with Crippen molar-refractivity contribution in [3.8, 4) is 28.6 Å². The van der Waals surface area contributed by atoms with Gasteiger partial charge in [0.1, 0.15) is 17.6 Å². The number of hydrogen-bond donors (Lipinski definition) is 1. The summed E-state index contributed by atoms with van der Waals surface area (Å²) in [6, 6.07) is 14.7. The predicted octanol–water partition coefficient (Wildman–Crippen LogP) is 5.16. The zero-order valence-corrected chi connectivity index (χ0v) is 26.7. The Hall–Kier alpha value is -4.90. The number of rotatable bonds is 10.